The van der Waals surface area contributed by atoms with Crippen molar-refractivity contribution < 1.29 is 56.7 Å². The van der Waals surface area contributed by atoms with Crippen LogP contribution in [0.25, 0.3) is 0 Å². The summed E-state index contributed by atoms with van der Waals surface area (Å²) in [6.45, 7) is 17.0. The van der Waals surface area contributed by atoms with Gasteiger partial charge in [-0.05, 0) is 39.0 Å². The summed E-state index contributed by atoms with van der Waals surface area (Å²) in [6.07, 6.45) is 2.22. The molecule has 1 radical (unpaired) electrons. The zero-order chi connectivity index (χ0) is 33.3. The average molecular weight is 721 g/mol. The van der Waals surface area contributed by atoms with Crippen LogP contribution in [-0.4, -0.2) is 241 Å². The van der Waals surface area contributed by atoms with Gasteiger partial charge in [0.25, 0.3) is 0 Å². The van der Waals surface area contributed by atoms with Crippen molar-refractivity contribution in [2.75, 3.05) is 157 Å². The summed E-state index contributed by atoms with van der Waals surface area (Å²) in [7, 11) is 0. The molecule has 4 fully saturated rings. The predicted molar refractivity (Wildman–Crippen MR) is 171 cm³/mol. The third-order valence-electron chi connectivity index (χ3n) is 9.19. The van der Waals surface area contributed by atoms with Crippen LogP contribution in [0.4, 0.5) is 0 Å². The van der Waals surface area contributed by atoms with Crippen molar-refractivity contribution in [1.29, 1.82) is 0 Å². The molecule has 16 nitrogen and oxygen atoms in total. The van der Waals surface area contributed by atoms with Crippen molar-refractivity contribution in [2.45, 2.75) is 12.8 Å². The Kier molecular flexibility index (Phi) is 19.9. The fourth-order valence-corrected chi connectivity index (χ4v) is 6.49. The van der Waals surface area contributed by atoms with Crippen molar-refractivity contribution in [3.05, 3.63) is 0 Å². The van der Waals surface area contributed by atoms with E-state index in [-0.39, 0.29) is 43.2 Å². The van der Waals surface area contributed by atoms with Gasteiger partial charge >= 0.3 is 23.9 Å². The second-order valence-electron chi connectivity index (χ2n) is 12.8. The van der Waals surface area contributed by atoms with E-state index in [1.807, 2.05) is 19.6 Å². The van der Waals surface area contributed by atoms with Crippen molar-refractivity contribution >= 4 is 23.9 Å². The van der Waals surface area contributed by atoms with Crippen LogP contribution in [0.15, 0.2) is 0 Å². The van der Waals surface area contributed by atoms with Crippen LogP contribution < -0.4 is 0 Å². The summed E-state index contributed by atoms with van der Waals surface area (Å²) < 4.78 is 0. The molecule has 17 heteroatoms. The summed E-state index contributed by atoms with van der Waals surface area (Å²) in [5, 5.41) is 36.2. The van der Waals surface area contributed by atoms with Crippen LogP contribution in [0, 0.1) is 0 Å². The number of carboxylic acid groups (broad SMARTS) is 4. The smallest absolute Gasteiger partial charge is 0.317 e. The molecule has 0 aromatic carbocycles. The van der Waals surface area contributed by atoms with E-state index in [9.17, 15) is 19.2 Å². The monoisotopic (exact) mass is 720 g/mol. The fraction of sp³-hybridized carbons (Fsp3) is 0.867. The van der Waals surface area contributed by atoms with Gasteiger partial charge in [-0.2, -0.15) is 0 Å². The zero-order valence-electron chi connectivity index (χ0n) is 27.7. The van der Waals surface area contributed by atoms with Crippen LogP contribution in [0.1, 0.15) is 12.8 Å². The number of carbonyl (C=O) groups is 4. The summed E-state index contributed by atoms with van der Waals surface area (Å²) in [4.78, 5) is 61.4. The van der Waals surface area contributed by atoms with Crippen molar-refractivity contribution in [3.8, 4) is 0 Å². The molecule has 0 amide bonds. The number of aliphatic carboxylic acids is 4. The van der Waals surface area contributed by atoms with Crippen LogP contribution >= 0.6 is 0 Å². The van der Waals surface area contributed by atoms with Crippen molar-refractivity contribution in [3.63, 3.8) is 0 Å². The normalized spacial score (nSPS) is 27.9. The molecule has 4 aliphatic heterocycles. The maximum atomic E-state index is 11.0. The second kappa shape index (κ2) is 22.7. The van der Waals surface area contributed by atoms with E-state index in [1.165, 1.54) is 0 Å². The molecule has 4 heterocycles. The van der Waals surface area contributed by atoms with E-state index in [2.05, 4.69) is 19.6 Å². The summed E-state index contributed by atoms with van der Waals surface area (Å²) in [5.74, 6) is -3.11. The Hall–Kier alpha value is -1.92. The minimum Gasteiger partial charge on any atom is -0.480 e. The molecule has 0 aromatic heterocycles. The number of fused-ring (bicyclic) bond motifs is 8. The number of hydrogen-bond acceptors (Lipinski definition) is 12. The first kappa shape index (κ1) is 41.3. The molecule has 0 spiro atoms. The van der Waals surface area contributed by atoms with E-state index in [0.717, 1.165) is 144 Å². The van der Waals surface area contributed by atoms with Gasteiger partial charge in [-0.1, -0.05) is 0 Å². The molecular formula is C30H56CuN8O8. The average Bonchev–Trinajstić information content (AvgIpc) is 2.98. The van der Waals surface area contributed by atoms with Gasteiger partial charge < -0.3 is 40.0 Å². The van der Waals surface area contributed by atoms with Crippen LogP contribution in [0.5, 0.6) is 0 Å². The third-order valence-corrected chi connectivity index (χ3v) is 9.19. The maximum absolute atomic E-state index is 11.0. The summed E-state index contributed by atoms with van der Waals surface area (Å²) >= 11 is 0. The molecule has 0 atom stereocenters. The minimum atomic E-state index is -0.778. The molecule has 0 saturated carbocycles. The zero-order valence-corrected chi connectivity index (χ0v) is 28.6. The molecule has 0 aliphatic carbocycles. The van der Waals surface area contributed by atoms with Gasteiger partial charge in [0, 0.05) is 122 Å². The molecule has 4 saturated heterocycles. The van der Waals surface area contributed by atoms with E-state index < -0.39 is 23.9 Å². The van der Waals surface area contributed by atoms with Gasteiger partial charge in [0.15, 0.2) is 0 Å². The van der Waals surface area contributed by atoms with Gasteiger partial charge in [-0.15, -0.1) is 0 Å². The van der Waals surface area contributed by atoms with Crippen LogP contribution in [0.3, 0.4) is 0 Å². The quantitative estimate of drug-likeness (QED) is 0.195. The van der Waals surface area contributed by atoms with Gasteiger partial charge in [0.1, 0.15) is 0 Å². The SMILES string of the molecule is O=C(O)CN1CCN2CCCN(CC1)CCN(CC(=O)O)CC2.O=C(O)CN1CCN2CCCN(CC1)CCN(CC(=O)O)CC2.[64Cu]. The number of rotatable bonds is 8. The predicted octanol–water partition coefficient (Wildman–Crippen LogP) is -2.44. The molecular weight excluding hydrogens is 664 g/mol. The molecule has 4 rings (SSSR count). The molecule has 275 valence electrons. The minimum absolute atomic E-state index is 0. The standard InChI is InChI=1S/2C15H28N4O4.Cu/c2*20-14(21)12-18-8-4-16-2-1-3-17(6-10-18)7-11-19(9-5-16)13-15(22)23;/h2*1-13H2,(H,20,21)(H,22,23);/i;;1+0. The third kappa shape index (κ3) is 17.9. The first-order valence-electron chi connectivity index (χ1n) is 16.7. The van der Waals surface area contributed by atoms with Gasteiger partial charge in [0.05, 0.1) is 26.2 Å². The molecule has 4 aliphatic rings. The molecule has 0 aromatic rings. The Balaban J connectivity index is 0.000000320. The Bertz CT molecular complexity index is 791. The van der Waals surface area contributed by atoms with E-state index in [1.54, 1.807) is 0 Å². The molecule has 47 heavy (non-hydrogen) atoms. The van der Waals surface area contributed by atoms with Gasteiger partial charge in [0.2, 0.25) is 0 Å². The van der Waals surface area contributed by atoms with Crippen molar-refractivity contribution in [1.82, 2.24) is 39.2 Å². The number of carboxylic acids is 4. The summed E-state index contributed by atoms with van der Waals surface area (Å²) in [5.41, 5.74) is 0. The first-order chi connectivity index (χ1) is 22.0. The molecule has 0 unspecified atom stereocenters. The van der Waals surface area contributed by atoms with Crippen LogP contribution in [0.2, 0.25) is 0 Å². The molecule has 4 N–H and O–H groups in total. The molecule has 4 bridgehead atoms. The Morgan fingerprint density at radius 3 is 0.638 bits per heavy atom. The van der Waals surface area contributed by atoms with E-state index in [0.29, 0.717) is 0 Å². The number of hydrogen-bond donors (Lipinski definition) is 4. The van der Waals surface area contributed by atoms with Crippen LogP contribution in [-0.2, 0) is 36.2 Å². The number of nitrogens with zero attached hydrogens (tertiary/aromatic N) is 8. The van der Waals surface area contributed by atoms with E-state index in [4.69, 9.17) is 20.4 Å². The fourth-order valence-electron chi connectivity index (χ4n) is 6.49. The topological polar surface area (TPSA) is 175 Å². The Morgan fingerprint density at radius 1 is 0.319 bits per heavy atom. The largest absolute Gasteiger partial charge is 0.480 e. The van der Waals surface area contributed by atoms with Crippen molar-refractivity contribution in [2.24, 2.45) is 0 Å². The Labute approximate surface area is 289 Å². The first-order valence-corrected chi connectivity index (χ1v) is 16.7. The van der Waals surface area contributed by atoms with E-state index >= 15 is 0 Å². The Morgan fingerprint density at radius 2 is 0.489 bits per heavy atom. The maximum Gasteiger partial charge on any atom is 0.317 e. The summed E-state index contributed by atoms with van der Waals surface area (Å²) in [6, 6.07) is 0. The van der Waals surface area contributed by atoms with Gasteiger partial charge in [-0.25, -0.2) is 0 Å². The second-order valence-corrected chi connectivity index (χ2v) is 12.8. The van der Waals surface area contributed by atoms with Gasteiger partial charge in [-0.3, -0.25) is 38.8 Å².